The zero-order chi connectivity index (χ0) is 18.1. The molecule has 1 aromatic rings. The molecule has 1 saturated heterocycles. The van der Waals surface area contributed by atoms with Crippen molar-refractivity contribution in [2.45, 2.75) is 0 Å². The Hall–Kier alpha value is -2.66. The Morgan fingerprint density at radius 3 is 2.80 bits per heavy atom. The minimum absolute atomic E-state index is 0.0306. The number of thiocarbonyl (C=S) groups is 1. The molecular weight excluding hydrogens is 372 g/mol. The van der Waals surface area contributed by atoms with Crippen molar-refractivity contribution in [3.05, 3.63) is 32.7 Å². The van der Waals surface area contributed by atoms with E-state index in [-0.39, 0.29) is 39.6 Å². The van der Waals surface area contributed by atoms with Crippen molar-refractivity contribution < 1.29 is 28.7 Å². The molecule has 11 heteroatoms. The number of nitro benzene ring substituents is 1. The maximum Gasteiger partial charge on any atom is 0.325 e. The Morgan fingerprint density at radius 2 is 2.16 bits per heavy atom. The third-order valence-corrected chi connectivity index (χ3v) is 4.77. The van der Waals surface area contributed by atoms with Gasteiger partial charge in [0, 0.05) is 0 Å². The summed E-state index contributed by atoms with van der Waals surface area (Å²) in [6.07, 6.45) is 1.34. The Labute approximate surface area is 150 Å². The summed E-state index contributed by atoms with van der Waals surface area (Å²) in [5.41, 5.74) is -0.0599. The lowest BCUT2D eigenvalue weighted by Gasteiger charge is -2.11. The summed E-state index contributed by atoms with van der Waals surface area (Å²) in [6, 6.07) is 2.66. The van der Waals surface area contributed by atoms with E-state index < -0.39 is 16.8 Å². The van der Waals surface area contributed by atoms with Gasteiger partial charge >= 0.3 is 5.97 Å². The number of esters is 1. The van der Waals surface area contributed by atoms with Gasteiger partial charge in [-0.1, -0.05) is 24.0 Å². The summed E-state index contributed by atoms with van der Waals surface area (Å²) in [7, 11) is 1.20. The fourth-order valence-corrected chi connectivity index (χ4v) is 3.44. The molecule has 0 saturated carbocycles. The van der Waals surface area contributed by atoms with Crippen LogP contribution in [0.4, 0.5) is 5.69 Å². The monoisotopic (exact) mass is 382 g/mol. The zero-order valence-electron chi connectivity index (χ0n) is 12.7. The first-order valence-corrected chi connectivity index (χ1v) is 8.03. The normalized spacial score (nSPS) is 17.3. The molecule has 1 aromatic carbocycles. The molecule has 0 aromatic heterocycles. The second-order valence-corrected chi connectivity index (χ2v) is 6.54. The van der Waals surface area contributed by atoms with E-state index in [1.165, 1.54) is 25.3 Å². The number of nitro groups is 1. The van der Waals surface area contributed by atoms with E-state index in [1.54, 1.807) is 0 Å². The van der Waals surface area contributed by atoms with Gasteiger partial charge in [-0.2, -0.15) is 0 Å². The number of hydrogen-bond donors (Lipinski definition) is 0. The Balaban J connectivity index is 1.96. The molecule has 0 atom stereocenters. The first kappa shape index (κ1) is 17.2. The van der Waals surface area contributed by atoms with Crippen LogP contribution in [0.1, 0.15) is 5.56 Å². The highest BCUT2D eigenvalue weighted by atomic mass is 32.2. The van der Waals surface area contributed by atoms with E-state index >= 15 is 0 Å². The molecule has 2 aliphatic rings. The first-order valence-electron chi connectivity index (χ1n) is 6.81. The maximum atomic E-state index is 12.4. The highest BCUT2D eigenvalue weighted by Crippen LogP contribution is 2.40. The number of methoxy groups -OCH3 is 1. The molecule has 0 unspecified atom stereocenters. The Kier molecular flexibility index (Phi) is 4.59. The van der Waals surface area contributed by atoms with Crippen molar-refractivity contribution in [1.29, 1.82) is 0 Å². The van der Waals surface area contributed by atoms with Crippen LogP contribution in [0.3, 0.4) is 0 Å². The summed E-state index contributed by atoms with van der Waals surface area (Å²) in [5, 5.41) is 11.3. The van der Waals surface area contributed by atoms with Crippen LogP contribution in [0, 0.1) is 10.1 Å². The van der Waals surface area contributed by atoms with Gasteiger partial charge in [0.1, 0.15) is 10.9 Å². The van der Waals surface area contributed by atoms with Crippen molar-refractivity contribution in [1.82, 2.24) is 4.90 Å². The predicted molar refractivity (Wildman–Crippen MR) is 91.1 cm³/mol. The second-order valence-electron chi connectivity index (χ2n) is 4.87. The van der Waals surface area contributed by atoms with Gasteiger partial charge in [-0.25, -0.2) is 0 Å². The molecule has 2 aliphatic heterocycles. The van der Waals surface area contributed by atoms with Crippen molar-refractivity contribution in [2.24, 2.45) is 0 Å². The molecule has 9 nitrogen and oxygen atoms in total. The van der Waals surface area contributed by atoms with Crippen LogP contribution in [-0.4, -0.2) is 46.5 Å². The Morgan fingerprint density at radius 1 is 1.48 bits per heavy atom. The van der Waals surface area contributed by atoms with Crippen LogP contribution in [-0.2, 0) is 14.3 Å². The van der Waals surface area contributed by atoms with Gasteiger partial charge in [-0.3, -0.25) is 24.6 Å². The standard InChI is InChI=1S/C14H10N2O7S2/c1-21-12(17)5-15-13(18)11(25-14(15)24)3-7-2-9-10(23-6-22-9)4-8(7)16(19)20/h2-4H,5-6H2,1H3/b11-3-. The number of fused-ring (bicyclic) bond motifs is 1. The second kappa shape index (κ2) is 6.69. The number of rotatable bonds is 4. The molecule has 1 amide bonds. The lowest BCUT2D eigenvalue weighted by molar-refractivity contribution is -0.385. The van der Waals surface area contributed by atoms with E-state index in [0.29, 0.717) is 5.75 Å². The van der Waals surface area contributed by atoms with Gasteiger partial charge in [0.05, 0.1) is 28.6 Å². The summed E-state index contributed by atoms with van der Waals surface area (Å²) >= 11 is 6.03. The minimum Gasteiger partial charge on any atom is -0.468 e. The number of benzene rings is 1. The van der Waals surface area contributed by atoms with Gasteiger partial charge in [0.25, 0.3) is 11.6 Å². The van der Waals surface area contributed by atoms with Gasteiger partial charge in [0.2, 0.25) is 6.79 Å². The van der Waals surface area contributed by atoms with E-state index in [2.05, 4.69) is 4.74 Å². The number of amides is 1. The third-order valence-electron chi connectivity index (χ3n) is 3.39. The average molecular weight is 382 g/mol. The highest BCUT2D eigenvalue weighted by molar-refractivity contribution is 8.26. The fraction of sp³-hybridized carbons (Fsp3) is 0.214. The van der Waals surface area contributed by atoms with Crippen LogP contribution >= 0.6 is 24.0 Å². The maximum absolute atomic E-state index is 12.4. The number of carbonyl (C=O) groups excluding carboxylic acids is 2. The molecule has 0 radical (unpaired) electrons. The lowest BCUT2D eigenvalue weighted by Crippen LogP contribution is -2.33. The van der Waals surface area contributed by atoms with Crippen LogP contribution in [0.15, 0.2) is 17.0 Å². The Bertz CT molecular complexity index is 837. The number of nitrogens with zero attached hydrogens (tertiary/aromatic N) is 2. The van der Waals surface area contributed by atoms with Gasteiger partial charge in [-0.15, -0.1) is 0 Å². The molecule has 2 heterocycles. The van der Waals surface area contributed by atoms with Crippen LogP contribution in [0.5, 0.6) is 11.5 Å². The molecular formula is C14H10N2O7S2. The van der Waals surface area contributed by atoms with E-state index in [1.807, 2.05) is 0 Å². The predicted octanol–water partition coefficient (Wildman–Crippen LogP) is 1.70. The minimum atomic E-state index is -0.619. The molecule has 130 valence electrons. The van der Waals surface area contributed by atoms with Crippen LogP contribution in [0.2, 0.25) is 0 Å². The fourth-order valence-electron chi connectivity index (χ4n) is 2.19. The van der Waals surface area contributed by atoms with Crippen molar-refractivity contribution in [2.75, 3.05) is 20.4 Å². The molecule has 0 N–H and O–H groups in total. The van der Waals surface area contributed by atoms with E-state index in [4.69, 9.17) is 21.7 Å². The highest BCUT2D eigenvalue weighted by Gasteiger charge is 2.34. The summed E-state index contributed by atoms with van der Waals surface area (Å²) < 4.78 is 15.0. The summed E-state index contributed by atoms with van der Waals surface area (Å²) in [6.45, 7) is -0.348. The molecule has 0 spiro atoms. The first-order chi connectivity index (χ1) is 11.9. The van der Waals surface area contributed by atoms with Crippen LogP contribution < -0.4 is 9.47 Å². The van der Waals surface area contributed by atoms with Gasteiger partial charge < -0.3 is 14.2 Å². The molecule has 0 bridgehead atoms. The van der Waals surface area contributed by atoms with Gasteiger partial charge in [0.15, 0.2) is 11.5 Å². The van der Waals surface area contributed by atoms with Crippen molar-refractivity contribution in [3.63, 3.8) is 0 Å². The number of ether oxygens (including phenoxy) is 3. The smallest absolute Gasteiger partial charge is 0.325 e. The van der Waals surface area contributed by atoms with Crippen molar-refractivity contribution >= 4 is 51.9 Å². The number of hydrogen-bond acceptors (Lipinski definition) is 9. The molecule has 1 fully saturated rings. The van der Waals surface area contributed by atoms with Crippen molar-refractivity contribution in [3.8, 4) is 11.5 Å². The summed E-state index contributed by atoms with van der Waals surface area (Å²) in [5.74, 6) is -0.525. The topological polar surface area (TPSA) is 108 Å². The van der Waals surface area contributed by atoms with E-state index in [0.717, 1.165) is 16.7 Å². The average Bonchev–Trinajstić information content (AvgIpc) is 3.13. The van der Waals surface area contributed by atoms with Gasteiger partial charge in [-0.05, 0) is 12.1 Å². The van der Waals surface area contributed by atoms with E-state index in [9.17, 15) is 19.7 Å². The molecule has 25 heavy (non-hydrogen) atoms. The summed E-state index contributed by atoms with van der Waals surface area (Å²) in [4.78, 5) is 35.7. The lowest BCUT2D eigenvalue weighted by atomic mass is 10.1. The number of thioether (sulfide) groups is 1. The zero-order valence-corrected chi connectivity index (χ0v) is 14.3. The molecule has 3 rings (SSSR count). The largest absolute Gasteiger partial charge is 0.468 e. The number of carbonyl (C=O) groups is 2. The SMILES string of the molecule is COC(=O)CN1C(=O)/C(=C/c2cc3c(cc2[N+](=O)[O-])OCO3)SC1=S. The molecule has 0 aliphatic carbocycles. The quantitative estimate of drug-likeness (QED) is 0.253. The third kappa shape index (κ3) is 3.28. The van der Waals surface area contributed by atoms with Crippen LogP contribution in [0.25, 0.3) is 6.08 Å².